The van der Waals surface area contributed by atoms with Crippen LogP contribution in [0.1, 0.15) is 58.3 Å². The van der Waals surface area contributed by atoms with E-state index < -0.39 is 0 Å². The van der Waals surface area contributed by atoms with Gasteiger partial charge in [0, 0.05) is 5.92 Å². The Hall–Kier alpha value is -0.330. The van der Waals surface area contributed by atoms with Crippen molar-refractivity contribution in [1.29, 1.82) is 0 Å². The first-order valence-corrected chi connectivity index (χ1v) is 5.82. The molecule has 76 valence electrons. The highest BCUT2D eigenvalue weighted by molar-refractivity contribution is 5.53. The van der Waals surface area contributed by atoms with Gasteiger partial charge in [-0.2, -0.15) is 0 Å². The molecule has 0 spiro atoms. The molecule has 1 rings (SSSR count). The summed E-state index contributed by atoms with van der Waals surface area (Å²) in [5.74, 6) is 1.32. The van der Waals surface area contributed by atoms with Crippen LogP contribution in [0.25, 0.3) is 0 Å². The minimum atomic E-state index is 0.391. The Morgan fingerprint density at radius 1 is 1.15 bits per heavy atom. The van der Waals surface area contributed by atoms with E-state index in [4.69, 9.17) is 0 Å². The van der Waals surface area contributed by atoms with Gasteiger partial charge in [0.2, 0.25) is 0 Å². The number of carbonyl (C=O) groups is 1. The molecular formula is C12H22O. The maximum Gasteiger partial charge on any atom is 0.123 e. The van der Waals surface area contributed by atoms with Gasteiger partial charge in [0.25, 0.3) is 0 Å². The number of carbonyl (C=O) groups excluding carboxylic acids is 1. The predicted molar refractivity (Wildman–Crippen MR) is 55.7 cm³/mol. The van der Waals surface area contributed by atoms with E-state index in [9.17, 15) is 4.79 Å². The van der Waals surface area contributed by atoms with E-state index in [-0.39, 0.29) is 0 Å². The topological polar surface area (TPSA) is 17.1 Å². The van der Waals surface area contributed by atoms with Crippen molar-refractivity contribution in [2.24, 2.45) is 11.8 Å². The molecule has 0 amide bonds. The zero-order chi connectivity index (χ0) is 9.52. The molecule has 1 fully saturated rings. The minimum absolute atomic E-state index is 0.391. The Labute approximate surface area is 81.9 Å². The highest BCUT2D eigenvalue weighted by Crippen LogP contribution is 2.30. The molecule has 1 aliphatic rings. The number of hydrogen-bond acceptors (Lipinski definition) is 1. The molecule has 1 nitrogen and oxygen atoms in total. The maximum atomic E-state index is 10.5. The van der Waals surface area contributed by atoms with E-state index >= 15 is 0 Å². The van der Waals surface area contributed by atoms with E-state index in [0.29, 0.717) is 5.92 Å². The van der Waals surface area contributed by atoms with Crippen molar-refractivity contribution in [2.45, 2.75) is 58.3 Å². The summed E-state index contributed by atoms with van der Waals surface area (Å²) in [5, 5.41) is 0. The summed E-state index contributed by atoms with van der Waals surface area (Å²) >= 11 is 0. The van der Waals surface area contributed by atoms with Gasteiger partial charge < -0.3 is 4.79 Å². The summed E-state index contributed by atoms with van der Waals surface area (Å²) in [4.78, 5) is 10.5. The second-order valence-corrected chi connectivity index (χ2v) is 4.41. The molecule has 0 aromatic carbocycles. The van der Waals surface area contributed by atoms with Crippen molar-refractivity contribution in [3.8, 4) is 0 Å². The number of aldehydes is 1. The van der Waals surface area contributed by atoms with Gasteiger partial charge in [-0.05, 0) is 31.6 Å². The van der Waals surface area contributed by atoms with Crippen molar-refractivity contribution in [2.75, 3.05) is 0 Å². The molecule has 0 atom stereocenters. The lowest BCUT2D eigenvalue weighted by molar-refractivity contribution is -0.112. The SMILES string of the molecule is CCCCCC1CCC(C=O)CC1. The largest absolute Gasteiger partial charge is 0.303 e. The lowest BCUT2D eigenvalue weighted by Gasteiger charge is -2.25. The smallest absolute Gasteiger partial charge is 0.123 e. The monoisotopic (exact) mass is 182 g/mol. The third-order valence-corrected chi connectivity index (χ3v) is 3.30. The van der Waals surface area contributed by atoms with E-state index in [1.165, 1.54) is 38.5 Å². The molecule has 0 N–H and O–H groups in total. The van der Waals surface area contributed by atoms with Crippen LogP contribution >= 0.6 is 0 Å². The van der Waals surface area contributed by atoms with Crippen molar-refractivity contribution < 1.29 is 4.79 Å². The molecule has 0 unspecified atom stereocenters. The van der Waals surface area contributed by atoms with Crippen LogP contribution in [0, 0.1) is 11.8 Å². The molecule has 0 aromatic rings. The molecule has 0 bridgehead atoms. The normalized spacial score (nSPS) is 28.7. The van der Waals surface area contributed by atoms with E-state index in [0.717, 1.165) is 25.0 Å². The lowest BCUT2D eigenvalue weighted by atomic mass is 9.80. The predicted octanol–water partition coefficient (Wildman–Crippen LogP) is 3.57. The first-order chi connectivity index (χ1) is 6.36. The molecule has 0 aromatic heterocycles. The van der Waals surface area contributed by atoms with Gasteiger partial charge in [-0.1, -0.05) is 32.6 Å². The Balaban J connectivity index is 2.07. The molecule has 0 saturated heterocycles. The Morgan fingerprint density at radius 3 is 2.38 bits per heavy atom. The van der Waals surface area contributed by atoms with E-state index in [1.54, 1.807) is 0 Å². The first-order valence-electron chi connectivity index (χ1n) is 5.82. The fourth-order valence-electron chi connectivity index (χ4n) is 2.30. The van der Waals surface area contributed by atoms with Crippen molar-refractivity contribution >= 4 is 6.29 Å². The summed E-state index contributed by atoms with van der Waals surface area (Å²) in [7, 11) is 0. The molecule has 1 aliphatic carbocycles. The van der Waals surface area contributed by atoms with Crippen LogP contribution in [0.5, 0.6) is 0 Å². The van der Waals surface area contributed by atoms with Crippen LogP contribution in [-0.4, -0.2) is 6.29 Å². The quantitative estimate of drug-likeness (QED) is 0.469. The molecular weight excluding hydrogens is 160 g/mol. The van der Waals surface area contributed by atoms with Gasteiger partial charge in [-0.25, -0.2) is 0 Å². The summed E-state index contributed by atoms with van der Waals surface area (Å²) < 4.78 is 0. The van der Waals surface area contributed by atoms with Crippen molar-refractivity contribution in [3.63, 3.8) is 0 Å². The fourth-order valence-corrected chi connectivity index (χ4v) is 2.30. The van der Waals surface area contributed by atoms with Crippen LogP contribution in [-0.2, 0) is 4.79 Å². The van der Waals surface area contributed by atoms with Crippen LogP contribution in [0.4, 0.5) is 0 Å². The third kappa shape index (κ3) is 3.93. The maximum absolute atomic E-state index is 10.5. The number of hydrogen-bond donors (Lipinski definition) is 0. The number of rotatable bonds is 5. The highest BCUT2D eigenvalue weighted by Gasteiger charge is 2.19. The van der Waals surface area contributed by atoms with Gasteiger partial charge in [-0.3, -0.25) is 0 Å². The van der Waals surface area contributed by atoms with E-state index in [2.05, 4.69) is 6.92 Å². The second-order valence-electron chi connectivity index (χ2n) is 4.41. The van der Waals surface area contributed by atoms with Crippen LogP contribution in [0.2, 0.25) is 0 Å². The zero-order valence-corrected chi connectivity index (χ0v) is 8.80. The fraction of sp³-hybridized carbons (Fsp3) is 0.917. The summed E-state index contributed by atoms with van der Waals surface area (Å²) in [5.41, 5.74) is 0. The Morgan fingerprint density at radius 2 is 1.85 bits per heavy atom. The van der Waals surface area contributed by atoms with Crippen molar-refractivity contribution in [1.82, 2.24) is 0 Å². The van der Waals surface area contributed by atoms with Crippen LogP contribution in [0.3, 0.4) is 0 Å². The van der Waals surface area contributed by atoms with Gasteiger partial charge in [0.1, 0.15) is 6.29 Å². The molecule has 0 heterocycles. The minimum Gasteiger partial charge on any atom is -0.303 e. The lowest BCUT2D eigenvalue weighted by Crippen LogP contribution is -2.15. The molecule has 1 heteroatoms. The van der Waals surface area contributed by atoms with Gasteiger partial charge in [-0.15, -0.1) is 0 Å². The van der Waals surface area contributed by atoms with Crippen LogP contribution < -0.4 is 0 Å². The van der Waals surface area contributed by atoms with Gasteiger partial charge >= 0.3 is 0 Å². The molecule has 1 saturated carbocycles. The second kappa shape index (κ2) is 6.17. The Kier molecular flexibility index (Phi) is 5.10. The average molecular weight is 182 g/mol. The first kappa shape index (κ1) is 10.7. The summed E-state index contributed by atoms with van der Waals surface area (Å²) in [6.45, 7) is 2.25. The molecule has 0 aliphatic heterocycles. The average Bonchev–Trinajstić information content (AvgIpc) is 2.19. The van der Waals surface area contributed by atoms with Crippen LogP contribution in [0.15, 0.2) is 0 Å². The molecule has 0 radical (unpaired) electrons. The molecule has 13 heavy (non-hydrogen) atoms. The standard InChI is InChI=1S/C12H22O/c1-2-3-4-5-11-6-8-12(10-13)9-7-11/h10-12H,2-9H2,1H3. The van der Waals surface area contributed by atoms with Crippen molar-refractivity contribution in [3.05, 3.63) is 0 Å². The third-order valence-electron chi connectivity index (χ3n) is 3.30. The van der Waals surface area contributed by atoms with Gasteiger partial charge in [0.05, 0.1) is 0 Å². The zero-order valence-electron chi connectivity index (χ0n) is 8.80. The Bertz CT molecular complexity index is 134. The number of unbranched alkanes of at least 4 members (excludes halogenated alkanes) is 2. The summed E-state index contributed by atoms with van der Waals surface area (Å²) in [6, 6.07) is 0. The van der Waals surface area contributed by atoms with Gasteiger partial charge in [0.15, 0.2) is 0 Å². The summed E-state index contributed by atoms with van der Waals surface area (Å²) in [6.07, 6.45) is 11.6. The van der Waals surface area contributed by atoms with E-state index in [1.807, 2.05) is 0 Å². The highest BCUT2D eigenvalue weighted by atomic mass is 16.1.